The number of pyridine rings is 1. The van der Waals surface area contributed by atoms with Crippen molar-refractivity contribution in [2.24, 2.45) is 0 Å². The SMILES string of the molecule is COc1cc2c(cc1-n1nc(C(=O)NCCCN(C)C)c3cnc(Cl)cc31)OCCN2C(=O)OC(C)(C)C. The summed E-state index contributed by atoms with van der Waals surface area (Å²) in [5.74, 6) is 0.551. The molecular formula is C26H33ClN6O5. The fraction of sp³-hybridized carbons (Fsp3) is 0.462. The van der Waals surface area contributed by atoms with Crippen LogP contribution in [0.4, 0.5) is 10.5 Å². The van der Waals surface area contributed by atoms with Gasteiger partial charge in [-0.1, -0.05) is 11.6 Å². The van der Waals surface area contributed by atoms with E-state index in [9.17, 15) is 9.59 Å². The molecule has 0 atom stereocenters. The maximum Gasteiger partial charge on any atom is 0.415 e. The van der Waals surface area contributed by atoms with Gasteiger partial charge in [-0.05, 0) is 47.8 Å². The normalized spacial score (nSPS) is 13.3. The number of nitrogens with zero attached hydrogens (tertiary/aromatic N) is 5. The highest BCUT2D eigenvalue weighted by atomic mass is 35.5. The van der Waals surface area contributed by atoms with E-state index in [1.807, 2.05) is 34.9 Å². The van der Waals surface area contributed by atoms with Crippen LogP contribution < -0.4 is 19.7 Å². The number of carbonyl (C=O) groups excluding carboxylic acids is 2. The number of methoxy groups -OCH3 is 1. The molecule has 1 aliphatic heterocycles. The number of ether oxygens (including phenoxy) is 3. The predicted octanol–water partition coefficient (Wildman–Crippen LogP) is 3.90. The molecule has 12 heteroatoms. The fourth-order valence-electron chi connectivity index (χ4n) is 4.09. The zero-order chi connectivity index (χ0) is 27.6. The summed E-state index contributed by atoms with van der Waals surface area (Å²) in [7, 11) is 5.48. The lowest BCUT2D eigenvalue weighted by Gasteiger charge is -2.32. The minimum absolute atomic E-state index is 0.213. The third-order valence-corrected chi connectivity index (χ3v) is 5.99. The Bertz CT molecular complexity index is 1350. The second-order valence-electron chi connectivity index (χ2n) is 10.2. The molecule has 0 aliphatic carbocycles. The first-order valence-electron chi connectivity index (χ1n) is 12.3. The first kappa shape index (κ1) is 27.5. The van der Waals surface area contributed by atoms with Crippen molar-refractivity contribution in [1.29, 1.82) is 0 Å². The summed E-state index contributed by atoms with van der Waals surface area (Å²) >= 11 is 6.22. The maximum atomic E-state index is 13.1. The van der Waals surface area contributed by atoms with Gasteiger partial charge in [-0.2, -0.15) is 5.10 Å². The van der Waals surface area contributed by atoms with Crippen molar-refractivity contribution in [2.75, 3.05) is 52.3 Å². The number of benzene rings is 1. The Morgan fingerprint density at radius 2 is 1.97 bits per heavy atom. The highest BCUT2D eigenvalue weighted by Crippen LogP contribution is 2.41. The number of aromatic nitrogens is 3. The monoisotopic (exact) mass is 544 g/mol. The molecule has 3 heterocycles. The number of halogens is 1. The Kier molecular flexibility index (Phi) is 7.98. The largest absolute Gasteiger partial charge is 0.494 e. The molecule has 11 nitrogen and oxygen atoms in total. The molecule has 204 valence electrons. The number of hydrogen-bond donors (Lipinski definition) is 1. The van der Waals surface area contributed by atoms with E-state index in [-0.39, 0.29) is 23.4 Å². The van der Waals surface area contributed by atoms with E-state index < -0.39 is 11.7 Å². The van der Waals surface area contributed by atoms with E-state index in [2.05, 4.69) is 20.3 Å². The smallest absolute Gasteiger partial charge is 0.415 e. The van der Waals surface area contributed by atoms with Crippen LogP contribution in [-0.2, 0) is 4.74 Å². The van der Waals surface area contributed by atoms with Crippen LogP contribution in [0, 0.1) is 0 Å². The summed E-state index contributed by atoms with van der Waals surface area (Å²) in [4.78, 5) is 33.7. The van der Waals surface area contributed by atoms with Gasteiger partial charge in [0.05, 0.1) is 30.2 Å². The Morgan fingerprint density at radius 1 is 1.21 bits per heavy atom. The fourth-order valence-corrected chi connectivity index (χ4v) is 4.24. The first-order chi connectivity index (χ1) is 18.0. The third kappa shape index (κ3) is 5.94. The van der Waals surface area contributed by atoms with Gasteiger partial charge in [-0.25, -0.2) is 14.5 Å². The Morgan fingerprint density at radius 3 is 2.66 bits per heavy atom. The van der Waals surface area contributed by atoms with Gasteiger partial charge in [-0.15, -0.1) is 0 Å². The second kappa shape index (κ2) is 11.0. The van der Waals surface area contributed by atoms with Crippen LogP contribution in [0.15, 0.2) is 24.4 Å². The van der Waals surface area contributed by atoms with E-state index in [1.54, 1.807) is 22.9 Å². The molecule has 2 aromatic heterocycles. The highest BCUT2D eigenvalue weighted by molar-refractivity contribution is 6.30. The maximum absolute atomic E-state index is 13.1. The molecule has 2 amide bonds. The zero-order valence-corrected chi connectivity index (χ0v) is 23.3. The topological polar surface area (TPSA) is 111 Å². The van der Waals surface area contributed by atoms with Gasteiger partial charge >= 0.3 is 6.09 Å². The number of anilines is 1. The second-order valence-corrected chi connectivity index (χ2v) is 10.6. The molecule has 0 saturated heterocycles. The minimum atomic E-state index is -0.649. The molecule has 0 unspecified atom stereocenters. The van der Waals surface area contributed by atoms with Gasteiger partial charge in [0.25, 0.3) is 5.91 Å². The third-order valence-electron chi connectivity index (χ3n) is 5.78. The molecule has 4 rings (SSSR count). The quantitative estimate of drug-likeness (QED) is 0.352. The van der Waals surface area contributed by atoms with Gasteiger partial charge in [-0.3, -0.25) is 9.69 Å². The summed E-state index contributed by atoms with van der Waals surface area (Å²) < 4.78 is 18.8. The molecule has 1 N–H and O–H groups in total. The van der Waals surface area contributed by atoms with E-state index in [0.29, 0.717) is 46.9 Å². The van der Waals surface area contributed by atoms with E-state index in [4.69, 9.17) is 25.8 Å². The van der Waals surface area contributed by atoms with Crippen molar-refractivity contribution in [3.63, 3.8) is 0 Å². The Hall–Kier alpha value is -3.57. The average Bonchev–Trinajstić information content (AvgIpc) is 3.22. The molecule has 0 radical (unpaired) electrons. The van der Waals surface area contributed by atoms with E-state index in [1.165, 1.54) is 18.2 Å². The van der Waals surface area contributed by atoms with Crippen molar-refractivity contribution in [2.45, 2.75) is 32.8 Å². The van der Waals surface area contributed by atoms with Crippen LogP contribution in [-0.4, -0.2) is 84.7 Å². The molecule has 0 spiro atoms. The van der Waals surface area contributed by atoms with Crippen LogP contribution in [0.3, 0.4) is 0 Å². The van der Waals surface area contributed by atoms with Gasteiger partial charge in [0.15, 0.2) is 5.69 Å². The molecule has 1 aliphatic rings. The summed E-state index contributed by atoms with van der Waals surface area (Å²) in [6.07, 6.45) is 1.85. The van der Waals surface area contributed by atoms with Gasteiger partial charge in [0, 0.05) is 30.9 Å². The summed E-state index contributed by atoms with van der Waals surface area (Å²) in [5, 5.41) is 8.34. The standard InChI is InChI=1S/C26H33ClN6O5/c1-26(2,3)38-25(35)32-10-11-37-21-13-19(20(36-6)12-18(21)32)33-17-14-22(27)29-15-16(17)23(30-33)24(34)28-8-7-9-31(4)5/h12-15H,7-11H2,1-6H3,(H,28,34). The first-order valence-corrected chi connectivity index (χ1v) is 12.7. The number of carbonyl (C=O) groups is 2. The predicted molar refractivity (Wildman–Crippen MR) is 145 cm³/mol. The molecule has 3 aromatic rings. The van der Waals surface area contributed by atoms with Gasteiger partial charge in [0.2, 0.25) is 0 Å². The lowest BCUT2D eigenvalue weighted by atomic mass is 10.2. The van der Waals surface area contributed by atoms with Crippen molar-refractivity contribution in [1.82, 2.24) is 25.0 Å². The minimum Gasteiger partial charge on any atom is -0.494 e. The molecule has 1 aromatic carbocycles. The number of amides is 2. The number of rotatable bonds is 7. The summed E-state index contributed by atoms with van der Waals surface area (Å²) in [5.41, 5.74) is 1.16. The Balaban J connectivity index is 1.75. The van der Waals surface area contributed by atoms with E-state index >= 15 is 0 Å². The Labute approximate surface area is 226 Å². The van der Waals surface area contributed by atoms with Crippen molar-refractivity contribution in [3.8, 4) is 17.2 Å². The molecule has 0 saturated carbocycles. The molecule has 0 fully saturated rings. The molecule has 38 heavy (non-hydrogen) atoms. The molecule has 0 bridgehead atoms. The lowest BCUT2D eigenvalue weighted by Crippen LogP contribution is -2.41. The van der Waals surface area contributed by atoms with Crippen LogP contribution in [0.5, 0.6) is 11.5 Å². The number of nitrogens with one attached hydrogen (secondary N) is 1. The van der Waals surface area contributed by atoms with E-state index in [0.717, 1.165) is 13.0 Å². The zero-order valence-electron chi connectivity index (χ0n) is 22.5. The van der Waals surface area contributed by atoms with Crippen LogP contribution in [0.1, 0.15) is 37.7 Å². The number of hydrogen-bond acceptors (Lipinski definition) is 8. The molecular weight excluding hydrogens is 512 g/mol. The van der Waals surface area contributed by atoms with Crippen LogP contribution in [0.25, 0.3) is 16.6 Å². The average molecular weight is 545 g/mol. The van der Waals surface area contributed by atoms with Gasteiger partial charge in [0.1, 0.15) is 34.5 Å². The van der Waals surface area contributed by atoms with Crippen LogP contribution >= 0.6 is 11.6 Å². The van der Waals surface area contributed by atoms with Crippen molar-refractivity contribution >= 4 is 40.2 Å². The van der Waals surface area contributed by atoms with Crippen molar-refractivity contribution in [3.05, 3.63) is 35.2 Å². The highest BCUT2D eigenvalue weighted by Gasteiger charge is 2.31. The summed E-state index contributed by atoms with van der Waals surface area (Å²) in [6, 6.07) is 5.06. The number of fused-ring (bicyclic) bond motifs is 2. The van der Waals surface area contributed by atoms with Gasteiger partial charge < -0.3 is 24.4 Å². The van der Waals surface area contributed by atoms with Crippen LogP contribution in [0.2, 0.25) is 5.15 Å². The summed E-state index contributed by atoms with van der Waals surface area (Å²) in [6.45, 7) is 7.41. The van der Waals surface area contributed by atoms with Crippen molar-refractivity contribution < 1.29 is 23.8 Å². The lowest BCUT2D eigenvalue weighted by molar-refractivity contribution is 0.0567.